The number of amides is 3. The number of ether oxygens (including phenoxy) is 1. The Morgan fingerprint density at radius 3 is 1.66 bits per heavy atom. The molecular formula is C25H35N3O4. The van der Waals surface area contributed by atoms with Crippen LogP contribution < -0.4 is 16.0 Å². The van der Waals surface area contributed by atoms with Crippen molar-refractivity contribution in [3.8, 4) is 11.1 Å². The molecule has 3 N–H and O–H groups in total. The minimum absolute atomic E-state index is 0.129. The molecular weight excluding hydrogens is 406 g/mol. The molecule has 0 aromatic heterocycles. The van der Waals surface area contributed by atoms with E-state index in [-0.39, 0.29) is 29.9 Å². The number of hydrogen-bond donors (Lipinski definition) is 3. The number of rotatable bonds is 2. The average molecular weight is 442 g/mol. The Labute approximate surface area is 190 Å². The molecule has 0 saturated carbocycles. The largest absolute Gasteiger partial charge is 0.449 e. The smallest absolute Gasteiger partial charge is 0.406 e. The molecule has 1 unspecified atom stereocenters. The fourth-order valence-electron chi connectivity index (χ4n) is 2.88. The highest BCUT2D eigenvalue weighted by atomic mass is 16.5. The first-order chi connectivity index (χ1) is 15.5. The van der Waals surface area contributed by atoms with E-state index >= 15 is 0 Å². The van der Waals surface area contributed by atoms with Crippen LogP contribution in [0, 0.1) is 0 Å². The van der Waals surface area contributed by atoms with Gasteiger partial charge in [-0.05, 0) is 29.2 Å². The zero-order chi connectivity index (χ0) is 24.1. The molecule has 0 spiro atoms. The molecule has 1 aliphatic carbocycles. The molecule has 2 aromatic rings. The molecule has 3 amide bonds. The van der Waals surface area contributed by atoms with E-state index in [1.54, 1.807) is 7.05 Å². The topological polar surface area (TPSA) is 116 Å². The summed E-state index contributed by atoms with van der Waals surface area (Å²) in [5.74, 6) is 0.467. The van der Waals surface area contributed by atoms with Gasteiger partial charge in [0.05, 0.1) is 6.54 Å². The molecule has 0 radical (unpaired) electrons. The summed E-state index contributed by atoms with van der Waals surface area (Å²) < 4.78 is 5.24. The van der Waals surface area contributed by atoms with Gasteiger partial charge in [0.25, 0.3) is 0 Å². The Hall–Kier alpha value is -3.35. The lowest BCUT2D eigenvalue weighted by atomic mass is 9.98. The molecule has 7 nitrogen and oxygen atoms in total. The molecule has 2 aliphatic heterocycles. The van der Waals surface area contributed by atoms with Crippen LogP contribution in [0.5, 0.6) is 0 Å². The SMILES string of the molecule is CC.CC.CC1NC1=O.CNC(=O)OCC1c2ccccc2-c2ccccc21.O=C1CN1. The van der Waals surface area contributed by atoms with Crippen LogP contribution in [0.4, 0.5) is 4.79 Å². The highest BCUT2D eigenvalue weighted by Gasteiger charge is 2.28. The second-order valence-electron chi connectivity index (χ2n) is 6.58. The summed E-state index contributed by atoms with van der Waals surface area (Å²) in [4.78, 5) is 30.5. The van der Waals surface area contributed by atoms with Crippen LogP contribution in [0.25, 0.3) is 11.1 Å². The molecule has 1 atom stereocenters. The van der Waals surface area contributed by atoms with Gasteiger partial charge in [-0.15, -0.1) is 0 Å². The quantitative estimate of drug-likeness (QED) is 0.614. The van der Waals surface area contributed by atoms with E-state index in [2.05, 4.69) is 40.2 Å². The molecule has 2 heterocycles. The average Bonchev–Trinajstić information content (AvgIpc) is 3.75. The van der Waals surface area contributed by atoms with Crippen molar-refractivity contribution in [3.05, 3.63) is 59.7 Å². The molecule has 5 rings (SSSR count). The number of nitrogens with one attached hydrogen (secondary N) is 3. The monoisotopic (exact) mass is 441 g/mol. The Morgan fingerprint density at radius 1 is 0.969 bits per heavy atom. The van der Waals surface area contributed by atoms with E-state index in [9.17, 15) is 14.4 Å². The molecule has 3 aliphatic rings. The van der Waals surface area contributed by atoms with Crippen molar-refractivity contribution in [1.29, 1.82) is 0 Å². The van der Waals surface area contributed by atoms with Gasteiger partial charge < -0.3 is 20.7 Å². The Bertz CT molecular complexity index is 847. The Kier molecular flexibility index (Phi) is 11.6. The first kappa shape index (κ1) is 26.7. The van der Waals surface area contributed by atoms with E-state index in [4.69, 9.17) is 4.74 Å². The maximum atomic E-state index is 11.3. The highest BCUT2D eigenvalue weighted by molar-refractivity contribution is 5.96. The van der Waals surface area contributed by atoms with Gasteiger partial charge >= 0.3 is 6.09 Å². The zero-order valence-corrected chi connectivity index (χ0v) is 19.8. The summed E-state index contributed by atoms with van der Waals surface area (Å²) >= 11 is 0. The first-order valence-electron chi connectivity index (χ1n) is 11.1. The zero-order valence-electron chi connectivity index (χ0n) is 19.8. The van der Waals surface area contributed by atoms with Gasteiger partial charge in [0.1, 0.15) is 12.6 Å². The van der Waals surface area contributed by atoms with E-state index < -0.39 is 0 Å². The van der Waals surface area contributed by atoms with Crippen LogP contribution in [0.1, 0.15) is 51.7 Å². The minimum atomic E-state index is -0.387. The fourth-order valence-corrected chi connectivity index (χ4v) is 2.88. The summed E-state index contributed by atoms with van der Waals surface area (Å²) in [6.45, 7) is 10.8. The van der Waals surface area contributed by atoms with E-state index in [1.807, 2.05) is 58.9 Å². The number of hydrogen-bond acceptors (Lipinski definition) is 4. The Morgan fingerprint density at radius 2 is 1.34 bits per heavy atom. The molecule has 0 bridgehead atoms. The van der Waals surface area contributed by atoms with Gasteiger partial charge in [-0.1, -0.05) is 76.2 Å². The lowest BCUT2D eigenvalue weighted by molar-refractivity contribution is -0.111. The van der Waals surface area contributed by atoms with Crippen LogP contribution in [-0.4, -0.2) is 44.1 Å². The van der Waals surface area contributed by atoms with E-state index in [1.165, 1.54) is 22.3 Å². The Balaban J connectivity index is 0.000000322. The lowest BCUT2D eigenvalue weighted by Crippen LogP contribution is -2.21. The van der Waals surface area contributed by atoms with E-state index in [0.717, 1.165) is 0 Å². The van der Waals surface area contributed by atoms with Crippen LogP contribution >= 0.6 is 0 Å². The summed E-state index contributed by atoms with van der Waals surface area (Å²) in [5, 5.41) is 7.49. The normalized spacial score (nSPS) is 15.5. The predicted molar refractivity (Wildman–Crippen MR) is 127 cm³/mol. The third kappa shape index (κ3) is 8.06. The van der Waals surface area contributed by atoms with Crippen molar-refractivity contribution in [1.82, 2.24) is 16.0 Å². The van der Waals surface area contributed by atoms with Crippen molar-refractivity contribution < 1.29 is 19.1 Å². The molecule has 2 fully saturated rings. The van der Waals surface area contributed by atoms with Gasteiger partial charge in [0, 0.05) is 13.0 Å². The number of carbonyl (C=O) groups excluding carboxylic acids is 3. The summed E-state index contributed by atoms with van der Waals surface area (Å²) in [5.41, 5.74) is 4.94. The third-order valence-corrected chi connectivity index (χ3v) is 4.54. The lowest BCUT2D eigenvalue weighted by Gasteiger charge is -2.13. The maximum absolute atomic E-state index is 11.3. The van der Waals surface area contributed by atoms with Crippen LogP contribution in [-0.2, 0) is 14.3 Å². The number of carbonyl (C=O) groups is 3. The van der Waals surface area contributed by atoms with Crippen LogP contribution in [0.2, 0.25) is 0 Å². The van der Waals surface area contributed by atoms with Gasteiger partial charge in [-0.3, -0.25) is 9.59 Å². The standard InChI is InChI=1S/C16H15NO2.C3H5NO.C2H3NO.2C2H6/c1-17-16(18)19-10-15-13-8-4-2-6-11(13)12-7-3-5-9-14(12)15;1-2-3(5)4-2;4-2-1-3-2;2*1-2/h2-9,15H,10H2,1H3,(H,17,18);2H,1H3,(H,4,5);1H2,(H,3,4);2*1-2H3. The van der Waals surface area contributed by atoms with Gasteiger partial charge in [0.2, 0.25) is 11.8 Å². The second kappa shape index (κ2) is 13.9. The van der Waals surface area contributed by atoms with Crippen LogP contribution in [0.3, 0.4) is 0 Å². The number of benzene rings is 2. The van der Waals surface area contributed by atoms with Crippen molar-refractivity contribution in [3.63, 3.8) is 0 Å². The molecule has 32 heavy (non-hydrogen) atoms. The molecule has 2 saturated heterocycles. The molecule has 7 heteroatoms. The van der Waals surface area contributed by atoms with Crippen molar-refractivity contribution in [2.45, 2.75) is 46.6 Å². The second-order valence-corrected chi connectivity index (χ2v) is 6.58. The summed E-state index contributed by atoms with van der Waals surface area (Å²) in [6.07, 6.45) is -0.387. The van der Waals surface area contributed by atoms with Crippen molar-refractivity contribution >= 4 is 17.9 Å². The molecule has 174 valence electrons. The number of alkyl carbamates (subject to hydrolysis) is 1. The van der Waals surface area contributed by atoms with Crippen molar-refractivity contribution in [2.24, 2.45) is 0 Å². The fraction of sp³-hybridized carbons (Fsp3) is 0.400. The first-order valence-corrected chi connectivity index (χ1v) is 11.1. The summed E-state index contributed by atoms with van der Waals surface area (Å²) in [6, 6.07) is 16.7. The summed E-state index contributed by atoms with van der Waals surface area (Å²) in [7, 11) is 1.57. The van der Waals surface area contributed by atoms with Crippen LogP contribution in [0.15, 0.2) is 48.5 Å². The maximum Gasteiger partial charge on any atom is 0.406 e. The van der Waals surface area contributed by atoms with Gasteiger partial charge in [0.15, 0.2) is 0 Å². The minimum Gasteiger partial charge on any atom is -0.449 e. The van der Waals surface area contributed by atoms with Gasteiger partial charge in [-0.25, -0.2) is 4.79 Å². The highest BCUT2D eigenvalue weighted by Crippen LogP contribution is 2.44. The van der Waals surface area contributed by atoms with E-state index in [0.29, 0.717) is 13.2 Å². The van der Waals surface area contributed by atoms with Gasteiger partial charge in [-0.2, -0.15) is 0 Å². The predicted octanol–water partition coefficient (Wildman–Crippen LogP) is 3.83. The molecule has 2 aromatic carbocycles. The number of fused-ring (bicyclic) bond motifs is 3. The third-order valence-electron chi connectivity index (χ3n) is 4.54. The van der Waals surface area contributed by atoms with Crippen molar-refractivity contribution in [2.75, 3.05) is 20.2 Å².